The van der Waals surface area contributed by atoms with Crippen LogP contribution in [0.3, 0.4) is 0 Å². The van der Waals surface area contributed by atoms with Crippen LogP contribution < -0.4 is 0 Å². The number of unbranched alkanes of at least 4 members (excludes halogenated alkanes) is 29. The Kier molecular flexibility index (Phi) is 53.8. The second-order valence-electron chi connectivity index (χ2n) is 19.2. The van der Waals surface area contributed by atoms with Gasteiger partial charge in [0.2, 0.25) is 0 Å². The molecule has 0 amide bonds. The van der Waals surface area contributed by atoms with Gasteiger partial charge in [0.05, 0.1) is 0 Å². The average molecular weight is 950 g/mol. The molecule has 0 saturated carbocycles. The third-order valence-corrected chi connectivity index (χ3v) is 12.4. The summed E-state index contributed by atoms with van der Waals surface area (Å²) in [7, 11) is 0. The largest absolute Gasteiger partial charge is 0.462 e. The van der Waals surface area contributed by atoms with E-state index in [0.717, 1.165) is 77.0 Å². The first kappa shape index (κ1) is 64.8. The molecule has 0 fully saturated rings. The smallest absolute Gasteiger partial charge is 0.306 e. The van der Waals surface area contributed by atoms with Crippen LogP contribution in [0.5, 0.6) is 0 Å². The van der Waals surface area contributed by atoms with Crippen molar-refractivity contribution in [2.45, 2.75) is 290 Å². The molecule has 0 spiro atoms. The summed E-state index contributed by atoms with van der Waals surface area (Å²) in [6, 6.07) is 0. The van der Waals surface area contributed by atoms with E-state index in [1.165, 1.54) is 161 Å². The van der Waals surface area contributed by atoms with Crippen LogP contribution in [0.15, 0.2) is 72.9 Å². The third kappa shape index (κ3) is 53.8. The van der Waals surface area contributed by atoms with E-state index in [1.807, 2.05) is 6.08 Å². The number of ether oxygens (including phenoxy) is 3. The molecule has 1 unspecified atom stereocenters. The maximum absolute atomic E-state index is 12.8. The van der Waals surface area contributed by atoms with E-state index in [9.17, 15) is 14.4 Å². The molecule has 0 aliphatic rings. The van der Waals surface area contributed by atoms with Crippen LogP contribution >= 0.6 is 0 Å². The lowest BCUT2D eigenvalue weighted by Gasteiger charge is -2.18. The van der Waals surface area contributed by atoms with Crippen molar-refractivity contribution in [3.8, 4) is 0 Å². The maximum Gasteiger partial charge on any atom is 0.306 e. The normalized spacial score (nSPS) is 12.6. The van der Waals surface area contributed by atoms with Crippen molar-refractivity contribution in [1.29, 1.82) is 0 Å². The lowest BCUT2D eigenvalue weighted by Crippen LogP contribution is -2.30. The van der Waals surface area contributed by atoms with Crippen LogP contribution in [0, 0.1) is 0 Å². The number of hydrogen-bond acceptors (Lipinski definition) is 6. The van der Waals surface area contributed by atoms with Crippen LogP contribution in [-0.2, 0) is 28.6 Å². The van der Waals surface area contributed by atoms with Crippen molar-refractivity contribution in [2.75, 3.05) is 13.2 Å². The van der Waals surface area contributed by atoms with Gasteiger partial charge in [-0.15, -0.1) is 0 Å². The number of allylic oxidation sites excluding steroid dienone is 12. The van der Waals surface area contributed by atoms with Crippen molar-refractivity contribution in [1.82, 2.24) is 0 Å². The number of rotatable bonds is 52. The van der Waals surface area contributed by atoms with Gasteiger partial charge in [0.25, 0.3) is 0 Å². The minimum atomic E-state index is -0.808. The Hall–Kier alpha value is -3.15. The Balaban J connectivity index is 4.34. The van der Waals surface area contributed by atoms with E-state index in [-0.39, 0.29) is 37.5 Å². The van der Waals surface area contributed by atoms with Crippen molar-refractivity contribution in [2.24, 2.45) is 0 Å². The van der Waals surface area contributed by atoms with E-state index in [2.05, 4.69) is 87.6 Å². The van der Waals surface area contributed by atoms with Gasteiger partial charge in [-0.05, 0) is 96.3 Å². The fourth-order valence-electron chi connectivity index (χ4n) is 8.09. The third-order valence-electron chi connectivity index (χ3n) is 12.4. The summed E-state index contributed by atoms with van der Waals surface area (Å²) in [4.78, 5) is 38.1. The van der Waals surface area contributed by atoms with Crippen molar-refractivity contribution in [3.63, 3.8) is 0 Å². The Morgan fingerprint density at radius 3 is 0.985 bits per heavy atom. The van der Waals surface area contributed by atoms with Crippen LogP contribution in [0.25, 0.3) is 0 Å². The molecule has 6 nitrogen and oxygen atoms in total. The SMILES string of the molecule is CC/C=C\C/C=C\C/C=C\C/C=C\CCC(=O)OCC(COC(=O)CCCCCCCCCCCCC/C=C\CCCCCCCCCC)OC(=O)CCCCCCC/C=C\CCCCCCC. The molecule has 0 N–H and O–H groups in total. The molecule has 0 saturated heterocycles. The standard InChI is InChI=1S/C62H108O6/c1-4-7-10-13-16-19-22-25-27-28-29-30-31-32-33-34-35-38-40-43-46-49-52-55-61(64)67-58-59(57-66-60(63)54-51-48-45-42-39-36-24-21-18-15-12-9-6-3)68-62(65)56-53-50-47-44-41-37-26-23-20-17-14-11-8-5-2/h9,12,18,21,23,26,28-29,36,39,45,48,59H,4-8,10-11,13-17,19-20,22,24-25,27,30-35,37-38,40-44,46-47,49-58H2,1-3H3/b12-9-,21-18-,26-23-,29-28-,39-36-,48-45-. The zero-order chi connectivity index (χ0) is 49.3. The van der Waals surface area contributed by atoms with Gasteiger partial charge >= 0.3 is 17.9 Å². The summed E-state index contributed by atoms with van der Waals surface area (Å²) in [5.74, 6) is -0.988. The lowest BCUT2D eigenvalue weighted by molar-refractivity contribution is -0.166. The second-order valence-corrected chi connectivity index (χ2v) is 19.2. The van der Waals surface area contributed by atoms with Gasteiger partial charge in [-0.2, -0.15) is 0 Å². The first-order chi connectivity index (χ1) is 33.5. The molecule has 392 valence electrons. The Bertz CT molecular complexity index is 1270. The summed E-state index contributed by atoms with van der Waals surface area (Å²) in [5.41, 5.74) is 0. The topological polar surface area (TPSA) is 78.9 Å². The van der Waals surface area contributed by atoms with E-state index in [0.29, 0.717) is 19.3 Å². The summed E-state index contributed by atoms with van der Waals surface area (Å²) < 4.78 is 16.8. The summed E-state index contributed by atoms with van der Waals surface area (Å²) in [6.45, 7) is 6.46. The molecule has 1 atom stereocenters. The molecule has 0 aliphatic carbocycles. The molecule has 0 bridgehead atoms. The van der Waals surface area contributed by atoms with Gasteiger partial charge in [-0.3, -0.25) is 14.4 Å². The summed E-state index contributed by atoms with van der Waals surface area (Å²) >= 11 is 0. The highest BCUT2D eigenvalue weighted by molar-refractivity contribution is 5.71. The van der Waals surface area contributed by atoms with Crippen molar-refractivity contribution >= 4 is 17.9 Å². The van der Waals surface area contributed by atoms with Crippen molar-refractivity contribution in [3.05, 3.63) is 72.9 Å². The summed E-state index contributed by atoms with van der Waals surface area (Å²) in [6.07, 6.45) is 72.0. The van der Waals surface area contributed by atoms with Gasteiger partial charge in [-0.25, -0.2) is 0 Å². The van der Waals surface area contributed by atoms with Gasteiger partial charge in [0.15, 0.2) is 6.10 Å². The van der Waals surface area contributed by atoms with E-state index in [1.54, 1.807) is 0 Å². The predicted octanol–water partition coefficient (Wildman–Crippen LogP) is 19.4. The number of carbonyl (C=O) groups excluding carboxylic acids is 3. The monoisotopic (exact) mass is 949 g/mol. The molecular formula is C62H108O6. The van der Waals surface area contributed by atoms with E-state index in [4.69, 9.17) is 14.2 Å². The van der Waals surface area contributed by atoms with Crippen molar-refractivity contribution < 1.29 is 28.6 Å². The summed E-state index contributed by atoms with van der Waals surface area (Å²) in [5, 5.41) is 0. The van der Waals surface area contributed by atoms with Crippen LogP contribution in [0.4, 0.5) is 0 Å². The minimum Gasteiger partial charge on any atom is -0.462 e. The number of carbonyl (C=O) groups is 3. The molecule has 0 aliphatic heterocycles. The molecule has 68 heavy (non-hydrogen) atoms. The van der Waals surface area contributed by atoms with Crippen LogP contribution in [-0.4, -0.2) is 37.2 Å². The fraction of sp³-hybridized carbons (Fsp3) is 0.758. The average Bonchev–Trinajstić information content (AvgIpc) is 3.34. The quantitative estimate of drug-likeness (QED) is 0.0262. The highest BCUT2D eigenvalue weighted by atomic mass is 16.6. The zero-order valence-electron chi connectivity index (χ0n) is 44.9. The van der Waals surface area contributed by atoms with Gasteiger partial charge < -0.3 is 14.2 Å². The molecule has 0 rings (SSSR count). The molecule has 0 radical (unpaired) electrons. The van der Waals surface area contributed by atoms with Gasteiger partial charge in [0, 0.05) is 19.3 Å². The van der Waals surface area contributed by atoms with Gasteiger partial charge in [0.1, 0.15) is 13.2 Å². The molecule has 0 aromatic carbocycles. The number of esters is 3. The highest BCUT2D eigenvalue weighted by Gasteiger charge is 2.19. The predicted molar refractivity (Wildman–Crippen MR) is 293 cm³/mol. The van der Waals surface area contributed by atoms with Gasteiger partial charge in [-0.1, -0.05) is 241 Å². The van der Waals surface area contributed by atoms with Crippen LogP contribution in [0.2, 0.25) is 0 Å². The molecule has 0 aromatic rings. The first-order valence-corrected chi connectivity index (χ1v) is 28.9. The Morgan fingerprint density at radius 2 is 0.603 bits per heavy atom. The number of hydrogen-bond donors (Lipinski definition) is 0. The van der Waals surface area contributed by atoms with E-state index < -0.39 is 6.10 Å². The molecule has 0 heterocycles. The second kappa shape index (κ2) is 56.4. The molecule has 6 heteroatoms. The first-order valence-electron chi connectivity index (χ1n) is 28.9. The lowest BCUT2D eigenvalue weighted by atomic mass is 10.0. The zero-order valence-corrected chi connectivity index (χ0v) is 44.9. The molecular weight excluding hydrogens is 841 g/mol. The maximum atomic E-state index is 12.8. The Morgan fingerprint density at radius 1 is 0.309 bits per heavy atom. The molecule has 0 aromatic heterocycles. The minimum absolute atomic E-state index is 0.100. The Labute approximate surface area is 421 Å². The van der Waals surface area contributed by atoms with E-state index >= 15 is 0 Å². The van der Waals surface area contributed by atoms with Crippen LogP contribution in [0.1, 0.15) is 284 Å². The fourth-order valence-corrected chi connectivity index (χ4v) is 8.09. The highest BCUT2D eigenvalue weighted by Crippen LogP contribution is 2.15.